The fourth-order valence-electron chi connectivity index (χ4n) is 15.1. The monoisotopic (exact) mass is 2020 g/mol. The van der Waals surface area contributed by atoms with Crippen LogP contribution in [0.1, 0.15) is 239 Å². The van der Waals surface area contributed by atoms with Crippen LogP contribution < -0.4 is 60.3 Å². The van der Waals surface area contributed by atoms with E-state index in [1.54, 1.807) is 128 Å². The molecule has 8 aromatic heterocycles. The number of nitrogens with one attached hydrogen (secondary N) is 6. The van der Waals surface area contributed by atoms with Crippen molar-refractivity contribution < 1.29 is 83.5 Å². The van der Waals surface area contributed by atoms with Crippen molar-refractivity contribution >= 4 is 41.3 Å². The number of nitrogens with zero attached hydrogens (tertiary/aromatic N) is 9. The molecule has 8 heterocycles. The number of alkyl halides is 3. The third-order valence-corrected chi connectivity index (χ3v) is 23.7. The highest BCUT2D eigenvalue weighted by molar-refractivity contribution is 6.03. The SMILES string of the molecule is CC(C)(C)CCNC(=O)c1ccc(COc2cc(F)cc(F)c2)nc1.CC(C)CNC(=O)c1ccc(COc2ccccc2)nc1.C[C@@H](NC(=O)c1ccc(COc2ccc(C#N)cc2)nc1)C1CCCCC1.C[C@@H](NC(=O)c1ccc(COc2ccncc2)nc1)C1CCCCC1.Cc1ccc(NC(=O)c2ccc(COc3ccccc3)nc2)nc1.O=C(NC(C1CC1)C(F)(F)F)c1ccc(COc2cccc(F)c2)nc1. The fraction of sp³-hybridized carbons (Fsp3) is 0.330. The van der Waals surface area contributed by atoms with Gasteiger partial charge in [0.1, 0.15) is 103 Å². The van der Waals surface area contributed by atoms with Gasteiger partial charge in [-0.3, -0.25) is 63.7 Å². The molecule has 3 aliphatic rings. The van der Waals surface area contributed by atoms with Crippen molar-refractivity contribution in [3.8, 4) is 40.6 Å². The summed E-state index contributed by atoms with van der Waals surface area (Å²) in [5, 5.41) is 25.5. The number of hydrogen-bond acceptors (Lipinski definition) is 21. The third kappa shape index (κ3) is 40.5. The van der Waals surface area contributed by atoms with E-state index in [1.807, 2.05) is 97.2 Å². The molecule has 0 spiro atoms. The Hall–Kier alpha value is -16.0. The third-order valence-electron chi connectivity index (χ3n) is 23.7. The van der Waals surface area contributed by atoms with Crippen molar-refractivity contribution in [2.75, 3.05) is 18.4 Å². The Labute approximate surface area is 859 Å². The van der Waals surface area contributed by atoms with Crippen LogP contribution in [0.4, 0.5) is 32.2 Å². The maximum absolute atomic E-state index is 13.1. The van der Waals surface area contributed by atoms with Gasteiger partial charge in [0.05, 0.1) is 79.2 Å². The van der Waals surface area contributed by atoms with Crippen LogP contribution in [0.2, 0.25) is 0 Å². The summed E-state index contributed by atoms with van der Waals surface area (Å²) in [6.07, 6.45) is 23.9. The standard InChI is InChI=1S/C22H25N3O2.C20H25N3O2.C19H22F2N2O2.C19H17N3O2.C18H16F4N2O2.C17H20N2O2/c1-16(18-5-3-2-4-6-18)25-22(26)19-9-10-20(24-14-19)15-27-21-11-7-17(13-23)8-12-21;1-15(16-5-3-2-4-6-16)23-20(24)17-7-8-18(22-13-17)14-25-19-9-11-21-12-10-19;1-19(2,3)6-7-22-18(24)13-4-5-16(23-11-13)12-25-17-9-14(20)8-15(21)10-17;1-14-7-10-18(21-11-14)22-19(23)15-8-9-16(20-12-15)13-24-17-5-3-2-4-6-17;19-13-2-1-3-15(8-13)26-10-14-7-6-12(9-23-14)17(25)24-16(11-4-5-11)18(20,21)22;1-13(2)10-19-17(20)14-8-9-15(18-11-14)12-21-16-6-4-3-5-7-16/h7-12,14,16,18H,2-6,15H2,1H3,(H,25,26);7-13,15-16H,2-6,14H2,1H3,(H,23,24);4-5,8-11H,6-7,12H2,1-3H3,(H,22,24);2-12H,13H2,1H3,(H,21,22,23);1-3,6-9,11,16H,4-5,10H2,(H,24,25);3-9,11,13H,10,12H2,1-2H3,(H,19,20)/t16-;15-;;;;/m11..../s1. The first kappa shape index (κ1) is 112. The molecule has 33 heteroatoms. The van der Waals surface area contributed by atoms with E-state index < -0.39 is 41.5 Å². The number of aryl methyl sites for hydroxylation is 1. The smallest absolute Gasteiger partial charge is 0.408 e. The van der Waals surface area contributed by atoms with Crippen LogP contribution in [0.15, 0.2) is 280 Å². The number of halogens is 6. The van der Waals surface area contributed by atoms with Gasteiger partial charge >= 0.3 is 6.18 Å². The van der Waals surface area contributed by atoms with E-state index in [0.29, 0.717) is 132 Å². The zero-order valence-corrected chi connectivity index (χ0v) is 84.1. The molecule has 148 heavy (non-hydrogen) atoms. The maximum Gasteiger partial charge on any atom is 0.408 e. The lowest BCUT2D eigenvalue weighted by Gasteiger charge is -2.28. The van der Waals surface area contributed by atoms with E-state index >= 15 is 0 Å². The number of pyridine rings is 8. The number of rotatable bonds is 35. The number of amides is 6. The van der Waals surface area contributed by atoms with Gasteiger partial charge in [-0.25, -0.2) is 18.2 Å². The zero-order valence-electron chi connectivity index (χ0n) is 84.1. The van der Waals surface area contributed by atoms with E-state index in [9.17, 15) is 55.1 Å². The largest absolute Gasteiger partial charge is 0.487 e. The van der Waals surface area contributed by atoms with Gasteiger partial charge in [-0.05, 0) is 252 Å². The Morgan fingerprint density at radius 3 is 1.11 bits per heavy atom. The van der Waals surface area contributed by atoms with Gasteiger partial charge in [-0.2, -0.15) is 18.4 Å². The van der Waals surface area contributed by atoms with Crippen LogP contribution in [0, 0.1) is 64.8 Å². The summed E-state index contributed by atoms with van der Waals surface area (Å²) in [5.41, 5.74) is 8.57. The molecule has 3 saturated carbocycles. The van der Waals surface area contributed by atoms with E-state index in [4.69, 9.17) is 33.7 Å². The molecule has 16 rings (SSSR count). The molecule has 0 aliphatic heterocycles. The van der Waals surface area contributed by atoms with Crippen LogP contribution >= 0.6 is 0 Å². The highest BCUT2D eigenvalue weighted by Gasteiger charge is 2.50. The molecule has 3 atom stereocenters. The molecular weight excluding hydrogens is 1900 g/mol. The second-order valence-corrected chi connectivity index (χ2v) is 37.5. The Balaban J connectivity index is 0.000000169. The molecule has 13 aromatic rings. The first-order valence-electron chi connectivity index (χ1n) is 49.3. The average Bonchev–Trinajstić information content (AvgIpc) is 1.67. The average molecular weight is 2020 g/mol. The lowest BCUT2D eigenvalue weighted by molar-refractivity contribution is -0.158. The normalized spacial score (nSPS) is 13.3. The quantitative estimate of drug-likeness (QED) is 0.0201. The minimum absolute atomic E-state index is 0.0365. The second-order valence-electron chi connectivity index (χ2n) is 37.5. The summed E-state index contributed by atoms with van der Waals surface area (Å²) in [4.78, 5) is 106. The van der Waals surface area contributed by atoms with Gasteiger partial charge in [0.25, 0.3) is 35.4 Å². The van der Waals surface area contributed by atoms with Crippen molar-refractivity contribution in [3.05, 3.63) is 376 Å². The molecule has 774 valence electrons. The molecular formula is C115H125F6N15O12. The Morgan fingerprint density at radius 2 is 0.743 bits per heavy atom. The molecule has 3 fully saturated rings. The summed E-state index contributed by atoms with van der Waals surface area (Å²) in [7, 11) is 0. The van der Waals surface area contributed by atoms with Crippen molar-refractivity contribution in [2.45, 2.75) is 203 Å². The van der Waals surface area contributed by atoms with Gasteiger partial charge in [-0.1, -0.05) is 122 Å². The highest BCUT2D eigenvalue weighted by Crippen LogP contribution is 2.41. The molecule has 6 N–H and O–H groups in total. The van der Waals surface area contributed by atoms with Gasteiger partial charge in [-0.15, -0.1) is 0 Å². The number of aromatic nitrogens is 8. The molecule has 0 radical (unpaired) electrons. The maximum atomic E-state index is 13.1. The number of para-hydroxylation sites is 2. The zero-order chi connectivity index (χ0) is 106. The minimum atomic E-state index is -4.47. The van der Waals surface area contributed by atoms with Crippen molar-refractivity contribution in [1.29, 1.82) is 5.26 Å². The van der Waals surface area contributed by atoms with Crippen molar-refractivity contribution in [1.82, 2.24) is 66.5 Å². The molecule has 27 nitrogen and oxygen atoms in total. The number of anilines is 1. The van der Waals surface area contributed by atoms with Crippen LogP contribution in [0.3, 0.4) is 0 Å². The highest BCUT2D eigenvalue weighted by atomic mass is 19.4. The van der Waals surface area contributed by atoms with Crippen LogP contribution in [-0.2, 0) is 39.6 Å². The minimum Gasteiger partial charge on any atom is -0.487 e. The van der Waals surface area contributed by atoms with E-state index in [1.165, 1.54) is 113 Å². The molecule has 3 aliphatic carbocycles. The van der Waals surface area contributed by atoms with Crippen LogP contribution in [0.5, 0.6) is 34.5 Å². The number of ether oxygens (including phenoxy) is 6. The van der Waals surface area contributed by atoms with Crippen molar-refractivity contribution in [2.24, 2.45) is 29.1 Å². The van der Waals surface area contributed by atoms with E-state index in [-0.39, 0.29) is 71.6 Å². The Morgan fingerprint density at radius 1 is 0.372 bits per heavy atom. The predicted octanol–water partition coefficient (Wildman–Crippen LogP) is 22.6. The number of carbonyl (C=O) groups is 6. The van der Waals surface area contributed by atoms with E-state index in [0.717, 1.165) is 70.2 Å². The van der Waals surface area contributed by atoms with Crippen LogP contribution in [-0.4, -0.2) is 113 Å². The Kier molecular flexibility index (Phi) is 44.2. The lowest BCUT2D eigenvalue weighted by atomic mass is 9.84. The van der Waals surface area contributed by atoms with Crippen LogP contribution in [0.25, 0.3) is 0 Å². The topological polar surface area (TPSA) is 357 Å². The van der Waals surface area contributed by atoms with Gasteiger partial charge in [0.2, 0.25) is 0 Å². The number of carbonyl (C=O) groups excluding carboxylic acids is 6. The second kappa shape index (κ2) is 58.2. The fourth-order valence-corrected chi connectivity index (χ4v) is 15.1. The summed E-state index contributed by atoms with van der Waals surface area (Å²) < 4.78 is 111. The molecule has 0 bridgehead atoms. The number of benzene rings is 5. The first-order valence-corrected chi connectivity index (χ1v) is 49.3. The lowest BCUT2D eigenvalue weighted by Crippen LogP contribution is -2.46. The molecule has 1 unspecified atom stereocenters. The molecule has 6 amide bonds. The predicted molar refractivity (Wildman–Crippen MR) is 550 cm³/mol. The number of nitriles is 1. The summed E-state index contributed by atoms with van der Waals surface area (Å²) >= 11 is 0. The van der Waals surface area contributed by atoms with Gasteiger partial charge < -0.3 is 60.3 Å². The Bertz CT molecular complexity index is 6290. The summed E-state index contributed by atoms with van der Waals surface area (Å²) in [6.45, 7) is 19.4. The van der Waals surface area contributed by atoms with Gasteiger partial charge in [0.15, 0.2) is 0 Å². The molecule has 0 saturated heterocycles. The summed E-state index contributed by atoms with van der Waals surface area (Å²) in [6, 6.07) is 63.0. The summed E-state index contributed by atoms with van der Waals surface area (Å²) in [5.74, 6) is 1.71. The van der Waals surface area contributed by atoms with E-state index in [2.05, 4.69) is 121 Å². The first-order chi connectivity index (χ1) is 71.3. The molecule has 5 aromatic carbocycles. The van der Waals surface area contributed by atoms with Crippen molar-refractivity contribution in [3.63, 3.8) is 0 Å². The van der Waals surface area contributed by atoms with Gasteiger partial charge in [0, 0.05) is 105 Å². The number of hydrogen-bond donors (Lipinski definition) is 6.